The molecule has 0 aromatic rings. The molecule has 0 saturated carbocycles. The fourth-order valence-electron chi connectivity index (χ4n) is 0.207. The van der Waals surface area contributed by atoms with Crippen molar-refractivity contribution in [3.8, 4) is 0 Å². The summed E-state index contributed by atoms with van der Waals surface area (Å²) in [5, 5.41) is 1.92. The van der Waals surface area contributed by atoms with E-state index in [0.717, 1.165) is 6.29 Å². The van der Waals surface area contributed by atoms with Gasteiger partial charge in [-0.15, -0.1) is 0 Å². The molecule has 0 N–H and O–H groups in total. The lowest BCUT2D eigenvalue weighted by atomic mass is 10.7. The van der Waals surface area contributed by atoms with Crippen LogP contribution in [0.1, 0.15) is 0 Å². The first kappa shape index (κ1) is 6.76. The number of hydrogen-bond acceptors (Lipinski definition) is 1. The van der Waals surface area contributed by atoms with E-state index in [2.05, 4.69) is 12.5 Å². The van der Waals surface area contributed by atoms with Gasteiger partial charge in [0.25, 0.3) is 0 Å². The maximum Gasteiger partial charge on any atom is 0.143 e. The first-order chi connectivity index (χ1) is 3.27. The summed E-state index contributed by atoms with van der Waals surface area (Å²) in [6.45, 7) is 0. The van der Waals surface area contributed by atoms with E-state index in [-0.39, 0.29) is 10.9 Å². The van der Waals surface area contributed by atoms with Gasteiger partial charge in [-0.05, 0) is 24.0 Å². The molecular formula is C5H10OS. The molecule has 0 rings (SSSR count). The van der Waals surface area contributed by atoms with Crippen LogP contribution >= 0.6 is 10.9 Å². The molecule has 42 valence electrons. The van der Waals surface area contributed by atoms with Crippen LogP contribution in [0.3, 0.4) is 0 Å². The Kier molecular flexibility index (Phi) is 3.80. The maximum absolute atomic E-state index is 9.63. The van der Waals surface area contributed by atoms with Crippen LogP contribution < -0.4 is 0 Å². The van der Waals surface area contributed by atoms with Crippen molar-refractivity contribution in [1.82, 2.24) is 0 Å². The van der Waals surface area contributed by atoms with Crippen LogP contribution in [0.2, 0.25) is 0 Å². The highest BCUT2D eigenvalue weighted by atomic mass is 32.2. The second-order valence-electron chi connectivity index (χ2n) is 1.44. The Morgan fingerprint density at radius 1 is 1.43 bits per heavy atom. The highest BCUT2D eigenvalue weighted by Gasteiger charge is 1.71. The van der Waals surface area contributed by atoms with E-state index in [1.54, 1.807) is 6.08 Å². The Morgan fingerprint density at radius 2 is 2.00 bits per heavy atom. The molecule has 7 heavy (non-hydrogen) atoms. The van der Waals surface area contributed by atoms with Crippen molar-refractivity contribution >= 4 is 17.2 Å². The van der Waals surface area contributed by atoms with Crippen molar-refractivity contribution in [3.05, 3.63) is 11.5 Å². The van der Waals surface area contributed by atoms with Crippen molar-refractivity contribution in [1.29, 1.82) is 0 Å². The van der Waals surface area contributed by atoms with Crippen LogP contribution in [0.25, 0.3) is 0 Å². The lowest BCUT2D eigenvalue weighted by Crippen LogP contribution is -1.63. The van der Waals surface area contributed by atoms with E-state index >= 15 is 0 Å². The Labute approximate surface area is 46.8 Å². The third-order valence-electron chi connectivity index (χ3n) is 0.463. The van der Waals surface area contributed by atoms with Crippen molar-refractivity contribution < 1.29 is 4.79 Å². The first-order valence-electron chi connectivity index (χ1n) is 2.05. The second-order valence-corrected chi connectivity index (χ2v) is 3.67. The second kappa shape index (κ2) is 3.93. The molecule has 0 aromatic carbocycles. The zero-order chi connectivity index (χ0) is 5.70. The number of hydrogen-bond donors (Lipinski definition) is 1. The van der Waals surface area contributed by atoms with Crippen LogP contribution in [0.5, 0.6) is 0 Å². The topological polar surface area (TPSA) is 17.1 Å². The summed E-state index contributed by atoms with van der Waals surface area (Å²) in [5.41, 5.74) is 0. The fourth-order valence-corrected chi connectivity index (χ4v) is 0.622. The van der Waals surface area contributed by atoms with Gasteiger partial charge in [0.05, 0.1) is 0 Å². The van der Waals surface area contributed by atoms with E-state index in [1.807, 2.05) is 5.41 Å². The number of carbonyl (C=O) groups excluding carboxylic acids is 1. The molecule has 0 spiro atoms. The van der Waals surface area contributed by atoms with Gasteiger partial charge in [0, 0.05) is 0 Å². The highest BCUT2D eigenvalue weighted by Crippen LogP contribution is 2.12. The summed E-state index contributed by atoms with van der Waals surface area (Å²) in [4.78, 5) is 9.63. The van der Waals surface area contributed by atoms with Crippen molar-refractivity contribution in [3.63, 3.8) is 0 Å². The molecule has 0 saturated heterocycles. The number of rotatable bonds is 2. The van der Waals surface area contributed by atoms with E-state index in [4.69, 9.17) is 0 Å². The van der Waals surface area contributed by atoms with Gasteiger partial charge in [-0.2, -0.15) is 0 Å². The summed E-state index contributed by atoms with van der Waals surface area (Å²) in [5.74, 6) is 0. The molecule has 0 aliphatic rings. The van der Waals surface area contributed by atoms with Gasteiger partial charge in [-0.3, -0.25) is 4.79 Å². The van der Waals surface area contributed by atoms with Gasteiger partial charge in [0.1, 0.15) is 6.29 Å². The molecule has 0 bridgehead atoms. The lowest BCUT2D eigenvalue weighted by Gasteiger charge is -1.94. The first-order valence-corrected chi connectivity index (χ1v) is 4.36. The number of thiol groups is 1. The Morgan fingerprint density at radius 3 is 2.14 bits per heavy atom. The van der Waals surface area contributed by atoms with Crippen LogP contribution in [-0.2, 0) is 4.79 Å². The molecular weight excluding hydrogens is 108 g/mol. The SMILES string of the molecule is C[SH](C)C=CC=O. The molecule has 0 radical (unpaired) electrons. The average molecular weight is 118 g/mol. The molecule has 0 fully saturated rings. The smallest absolute Gasteiger partial charge is 0.143 e. The van der Waals surface area contributed by atoms with Crippen LogP contribution in [0.4, 0.5) is 0 Å². The molecule has 0 aromatic heterocycles. The van der Waals surface area contributed by atoms with Crippen LogP contribution in [0, 0.1) is 0 Å². The van der Waals surface area contributed by atoms with E-state index in [9.17, 15) is 4.79 Å². The van der Waals surface area contributed by atoms with Gasteiger partial charge in [0.15, 0.2) is 0 Å². The van der Waals surface area contributed by atoms with E-state index in [0.29, 0.717) is 0 Å². The lowest BCUT2D eigenvalue weighted by molar-refractivity contribution is -0.104. The normalized spacial score (nSPS) is 12.0. The average Bonchev–Trinajstić information content (AvgIpc) is 1.61. The molecule has 2 heteroatoms. The molecule has 0 atom stereocenters. The third kappa shape index (κ3) is 5.76. The summed E-state index contributed by atoms with van der Waals surface area (Å²) in [6, 6.07) is 0. The minimum Gasteiger partial charge on any atom is -0.299 e. The van der Waals surface area contributed by atoms with Crippen molar-refractivity contribution in [2.45, 2.75) is 0 Å². The largest absolute Gasteiger partial charge is 0.299 e. The minimum absolute atomic E-state index is 0.0182. The zero-order valence-electron chi connectivity index (χ0n) is 4.59. The van der Waals surface area contributed by atoms with Gasteiger partial charge in [-0.1, -0.05) is 0 Å². The van der Waals surface area contributed by atoms with Gasteiger partial charge >= 0.3 is 0 Å². The maximum atomic E-state index is 9.63. The van der Waals surface area contributed by atoms with Crippen LogP contribution in [-0.4, -0.2) is 18.8 Å². The molecule has 0 heterocycles. The summed E-state index contributed by atoms with van der Waals surface area (Å²) >= 11 is 0. The predicted octanol–water partition coefficient (Wildman–Crippen LogP) is 0.960. The van der Waals surface area contributed by atoms with E-state index < -0.39 is 0 Å². The molecule has 0 unspecified atom stereocenters. The van der Waals surface area contributed by atoms with Crippen LogP contribution in [0.15, 0.2) is 11.5 Å². The van der Waals surface area contributed by atoms with Gasteiger partial charge in [0.2, 0.25) is 0 Å². The predicted molar refractivity (Wildman–Crippen MR) is 36.0 cm³/mol. The molecule has 0 aliphatic heterocycles. The summed E-state index contributed by atoms with van der Waals surface area (Å²) in [7, 11) is -0.0182. The monoisotopic (exact) mass is 118 g/mol. The summed E-state index contributed by atoms with van der Waals surface area (Å²) < 4.78 is 0. The zero-order valence-corrected chi connectivity index (χ0v) is 5.48. The van der Waals surface area contributed by atoms with Gasteiger partial charge in [-0.25, -0.2) is 10.9 Å². The van der Waals surface area contributed by atoms with Crippen molar-refractivity contribution in [2.75, 3.05) is 12.5 Å². The van der Waals surface area contributed by atoms with E-state index in [1.165, 1.54) is 0 Å². The van der Waals surface area contributed by atoms with Crippen molar-refractivity contribution in [2.24, 2.45) is 0 Å². The third-order valence-corrected chi connectivity index (χ3v) is 1.23. The standard InChI is InChI=1S/C5H10OS/c1-7(2)5-3-4-6/h3-5,7H,1-2H3. The number of allylic oxidation sites excluding steroid dienone is 1. The number of aldehydes is 1. The Balaban J connectivity index is 3.25. The summed E-state index contributed by atoms with van der Waals surface area (Å²) in [6.07, 6.45) is 6.54. The Bertz CT molecular complexity index is 76.1. The minimum atomic E-state index is -0.0182. The highest BCUT2D eigenvalue weighted by molar-refractivity contribution is 8.18. The molecule has 0 amide bonds. The number of carbonyl (C=O) groups is 1. The quantitative estimate of drug-likeness (QED) is 0.324. The molecule has 1 nitrogen and oxygen atoms in total. The fraction of sp³-hybridized carbons (Fsp3) is 0.400. The van der Waals surface area contributed by atoms with Gasteiger partial charge < -0.3 is 0 Å². The Hall–Kier alpha value is -0.240. The molecule has 0 aliphatic carbocycles.